The minimum atomic E-state index is -0.101. The van der Waals surface area contributed by atoms with Crippen LogP contribution in [0.2, 0.25) is 5.02 Å². The third kappa shape index (κ3) is 3.28. The van der Waals surface area contributed by atoms with Gasteiger partial charge in [-0.25, -0.2) is 4.98 Å². The van der Waals surface area contributed by atoms with Crippen molar-refractivity contribution in [1.29, 1.82) is 0 Å². The van der Waals surface area contributed by atoms with Crippen LogP contribution in [-0.2, 0) is 6.42 Å². The van der Waals surface area contributed by atoms with Gasteiger partial charge in [-0.15, -0.1) is 0 Å². The molecule has 0 fully saturated rings. The molecular weight excluding hydrogens is 298 g/mol. The number of hydrogen-bond acceptors (Lipinski definition) is 2. The number of nitrogens with one attached hydrogen (secondary N) is 1. The number of carbonyl (C=O) groups excluding carboxylic acids is 1. The number of carbonyl (C=O) groups is 1. The second kappa shape index (κ2) is 6.20. The highest BCUT2D eigenvalue weighted by molar-refractivity contribution is 6.30. The van der Waals surface area contributed by atoms with Gasteiger partial charge in [0, 0.05) is 35.9 Å². The van der Waals surface area contributed by atoms with E-state index in [0.29, 0.717) is 23.6 Å². The quantitative estimate of drug-likeness (QED) is 0.803. The molecule has 0 bridgehead atoms. The van der Waals surface area contributed by atoms with Crippen molar-refractivity contribution >= 4 is 23.2 Å². The van der Waals surface area contributed by atoms with E-state index in [-0.39, 0.29) is 5.91 Å². The smallest absolute Gasteiger partial charge is 0.251 e. The summed E-state index contributed by atoms with van der Waals surface area (Å²) in [7, 11) is 0. The van der Waals surface area contributed by atoms with Gasteiger partial charge >= 0.3 is 0 Å². The number of amides is 1. The molecule has 1 N–H and O–H groups in total. The fourth-order valence-electron chi connectivity index (χ4n) is 2.28. The molecule has 3 rings (SSSR count). The number of imidazole rings is 1. The van der Waals surface area contributed by atoms with Crippen LogP contribution in [-0.4, -0.2) is 21.8 Å². The summed E-state index contributed by atoms with van der Waals surface area (Å²) >= 11 is 5.81. The van der Waals surface area contributed by atoms with Crippen LogP contribution in [0.3, 0.4) is 0 Å². The van der Waals surface area contributed by atoms with E-state index in [1.165, 1.54) is 5.56 Å². The van der Waals surface area contributed by atoms with Crippen LogP contribution < -0.4 is 5.32 Å². The fraction of sp³-hybridized carbons (Fsp3) is 0.176. The summed E-state index contributed by atoms with van der Waals surface area (Å²) in [5.41, 5.74) is 3.68. The van der Waals surface area contributed by atoms with Crippen LogP contribution in [0.1, 0.15) is 21.6 Å². The predicted molar refractivity (Wildman–Crippen MR) is 87.4 cm³/mol. The molecule has 0 radical (unpaired) electrons. The molecule has 0 aliphatic carbocycles. The van der Waals surface area contributed by atoms with Crippen molar-refractivity contribution in [3.8, 4) is 0 Å². The van der Waals surface area contributed by atoms with Gasteiger partial charge in [0.15, 0.2) is 0 Å². The van der Waals surface area contributed by atoms with E-state index in [1.54, 1.807) is 24.3 Å². The molecule has 4 nitrogen and oxygen atoms in total. The number of aromatic nitrogens is 2. The summed E-state index contributed by atoms with van der Waals surface area (Å²) in [6.07, 6.45) is 4.73. The molecule has 0 atom stereocenters. The van der Waals surface area contributed by atoms with Crippen LogP contribution in [0, 0.1) is 6.92 Å². The summed E-state index contributed by atoms with van der Waals surface area (Å²) in [4.78, 5) is 16.5. The van der Waals surface area contributed by atoms with Crippen molar-refractivity contribution in [3.63, 3.8) is 0 Å². The van der Waals surface area contributed by atoms with E-state index in [4.69, 9.17) is 11.6 Å². The van der Waals surface area contributed by atoms with Gasteiger partial charge in [0.1, 0.15) is 5.65 Å². The average molecular weight is 314 g/mol. The first-order valence-electron chi connectivity index (χ1n) is 7.10. The van der Waals surface area contributed by atoms with Gasteiger partial charge in [0.25, 0.3) is 5.91 Å². The normalized spacial score (nSPS) is 10.8. The minimum absolute atomic E-state index is 0.101. The Bertz CT molecular complexity index is 808. The van der Waals surface area contributed by atoms with Crippen molar-refractivity contribution < 1.29 is 4.79 Å². The van der Waals surface area contributed by atoms with Crippen LogP contribution in [0.25, 0.3) is 5.65 Å². The van der Waals surface area contributed by atoms with Crippen LogP contribution in [0.4, 0.5) is 0 Å². The third-order valence-electron chi connectivity index (χ3n) is 3.42. The Morgan fingerprint density at radius 2 is 1.95 bits per heavy atom. The molecule has 2 heterocycles. The average Bonchev–Trinajstić information content (AvgIpc) is 2.89. The molecule has 1 aromatic carbocycles. The van der Waals surface area contributed by atoms with Gasteiger partial charge in [-0.2, -0.15) is 0 Å². The summed E-state index contributed by atoms with van der Waals surface area (Å²) in [5, 5.41) is 3.51. The van der Waals surface area contributed by atoms with E-state index in [1.807, 2.05) is 35.9 Å². The lowest BCUT2D eigenvalue weighted by atomic mass is 10.2. The zero-order chi connectivity index (χ0) is 15.5. The van der Waals surface area contributed by atoms with E-state index >= 15 is 0 Å². The fourth-order valence-corrected chi connectivity index (χ4v) is 2.41. The first-order chi connectivity index (χ1) is 10.6. The lowest BCUT2D eigenvalue weighted by Gasteiger charge is -2.03. The largest absolute Gasteiger partial charge is 0.352 e. The number of fused-ring (bicyclic) bond motifs is 1. The van der Waals surface area contributed by atoms with Crippen LogP contribution >= 0.6 is 11.6 Å². The molecule has 2 aromatic heterocycles. The van der Waals surface area contributed by atoms with Crippen molar-refractivity contribution in [1.82, 2.24) is 14.7 Å². The zero-order valence-corrected chi connectivity index (χ0v) is 13.0. The molecule has 5 heteroatoms. The summed E-state index contributed by atoms with van der Waals surface area (Å²) in [6.45, 7) is 2.59. The maximum absolute atomic E-state index is 12.0. The topological polar surface area (TPSA) is 46.4 Å². The summed E-state index contributed by atoms with van der Waals surface area (Å²) in [5.74, 6) is -0.101. The Kier molecular flexibility index (Phi) is 4.11. The molecule has 0 aliphatic rings. The van der Waals surface area contributed by atoms with E-state index in [2.05, 4.69) is 10.3 Å². The van der Waals surface area contributed by atoms with Crippen molar-refractivity contribution in [2.45, 2.75) is 13.3 Å². The number of aryl methyl sites for hydroxylation is 1. The molecule has 0 aliphatic heterocycles. The van der Waals surface area contributed by atoms with Gasteiger partial charge in [0.2, 0.25) is 0 Å². The van der Waals surface area contributed by atoms with Gasteiger partial charge < -0.3 is 9.72 Å². The molecule has 22 heavy (non-hydrogen) atoms. The van der Waals surface area contributed by atoms with Gasteiger partial charge in [-0.1, -0.05) is 17.7 Å². The third-order valence-corrected chi connectivity index (χ3v) is 3.67. The standard InChI is InChI=1S/C17H16ClN3O/c1-12-2-7-16-20-15(11-21(16)10-12)8-9-19-17(22)13-3-5-14(18)6-4-13/h2-7,10-11H,8-9H2,1H3,(H,19,22). The minimum Gasteiger partial charge on any atom is -0.352 e. The summed E-state index contributed by atoms with van der Waals surface area (Å²) < 4.78 is 2.01. The van der Waals surface area contributed by atoms with Crippen LogP contribution in [0.15, 0.2) is 48.8 Å². The van der Waals surface area contributed by atoms with Crippen molar-refractivity contribution in [3.05, 3.63) is 70.6 Å². The highest BCUT2D eigenvalue weighted by Crippen LogP contribution is 2.10. The second-order valence-corrected chi connectivity index (χ2v) is 5.65. The number of halogens is 1. The van der Waals surface area contributed by atoms with Crippen molar-refractivity contribution in [2.24, 2.45) is 0 Å². The van der Waals surface area contributed by atoms with E-state index in [0.717, 1.165) is 11.3 Å². The second-order valence-electron chi connectivity index (χ2n) is 5.22. The highest BCUT2D eigenvalue weighted by atomic mass is 35.5. The molecule has 1 amide bonds. The zero-order valence-electron chi connectivity index (χ0n) is 12.2. The van der Waals surface area contributed by atoms with E-state index in [9.17, 15) is 4.79 Å². The molecule has 112 valence electrons. The lowest BCUT2D eigenvalue weighted by molar-refractivity contribution is 0.0954. The Morgan fingerprint density at radius 1 is 1.18 bits per heavy atom. The van der Waals surface area contributed by atoms with Gasteiger partial charge in [-0.05, 0) is 42.8 Å². The Labute approximate surface area is 133 Å². The Hall–Kier alpha value is -2.33. The predicted octanol–water partition coefficient (Wildman–Crippen LogP) is 3.27. The van der Waals surface area contributed by atoms with Gasteiger partial charge in [0.05, 0.1) is 5.69 Å². The number of rotatable bonds is 4. The Morgan fingerprint density at radius 3 is 2.73 bits per heavy atom. The van der Waals surface area contributed by atoms with Crippen LogP contribution in [0.5, 0.6) is 0 Å². The summed E-state index contributed by atoms with van der Waals surface area (Å²) in [6, 6.07) is 10.9. The molecule has 0 saturated carbocycles. The first-order valence-corrected chi connectivity index (χ1v) is 7.47. The molecule has 0 unspecified atom stereocenters. The first kappa shape index (κ1) is 14.6. The maximum Gasteiger partial charge on any atom is 0.251 e. The maximum atomic E-state index is 12.0. The van der Waals surface area contributed by atoms with E-state index < -0.39 is 0 Å². The monoisotopic (exact) mass is 313 g/mol. The number of benzene rings is 1. The number of hydrogen-bond donors (Lipinski definition) is 1. The van der Waals surface area contributed by atoms with Gasteiger partial charge in [-0.3, -0.25) is 4.79 Å². The molecule has 0 saturated heterocycles. The lowest BCUT2D eigenvalue weighted by Crippen LogP contribution is -2.25. The Balaban J connectivity index is 1.59. The van der Waals surface area contributed by atoms with Crippen molar-refractivity contribution in [2.75, 3.05) is 6.54 Å². The number of nitrogens with zero attached hydrogens (tertiary/aromatic N) is 2. The number of pyridine rings is 1. The highest BCUT2D eigenvalue weighted by Gasteiger charge is 2.06. The molecule has 0 spiro atoms. The SMILES string of the molecule is Cc1ccc2nc(CCNC(=O)c3ccc(Cl)cc3)cn2c1. The molecular formula is C17H16ClN3O. The molecule has 3 aromatic rings.